The lowest BCUT2D eigenvalue weighted by Crippen LogP contribution is -2.37. The average molecular weight is 306 g/mol. The first-order valence-electron chi connectivity index (χ1n) is 7.50. The molecular formula is C15H30O6. The van der Waals surface area contributed by atoms with E-state index in [0.717, 1.165) is 6.61 Å². The Hall–Kier alpha value is -0.240. The molecule has 0 aromatic heterocycles. The molecule has 1 rings (SSSR count). The minimum Gasteiger partial charge on any atom is -0.394 e. The molecule has 0 bridgehead atoms. The van der Waals surface area contributed by atoms with E-state index >= 15 is 0 Å². The standard InChI is InChI=1S/C15H30O6/c1-14(2,5-11(17)7-16)20-8-12(18)6-15(3,4)21-10-13-9-19-13/h11-13,16-18H,5-10H2,1-4H3. The lowest BCUT2D eigenvalue weighted by molar-refractivity contribution is -0.108. The summed E-state index contributed by atoms with van der Waals surface area (Å²) in [5.41, 5.74) is -1.04. The first-order chi connectivity index (χ1) is 9.63. The number of epoxide rings is 1. The molecule has 1 heterocycles. The highest BCUT2D eigenvalue weighted by Crippen LogP contribution is 2.22. The van der Waals surface area contributed by atoms with Crippen LogP contribution in [0.2, 0.25) is 0 Å². The molecule has 0 spiro atoms. The van der Waals surface area contributed by atoms with Gasteiger partial charge in [-0.05, 0) is 27.7 Å². The van der Waals surface area contributed by atoms with Gasteiger partial charge in [0.05, 0.1) is 49.8 Å². The zero-order chi connectivity index (χ0) is 16.1. The van der Waals surface area contributed by atoms with Gasteiger partial charge in [-0.25, -0.2) is 0 Å². The zero-order valence-corrected chi connectivity index (χ0v) is 13.5. The molecule has 1 saturated heterocycles. The highest BCUT2D eigenvalue weighted by molar-refractivity contribution is 4.78. The van der Waals surface area contributed by atoms with Gasteiger partial charge in [0.25, 0.3) is 0 Å². The highest BCUT2D eigenvalue weighted by Gasteiger charge is 2.30. The predicted octanol–water partition coefficient (Wildman–Crippen LogP) is 0.470. The van der Waals surface area contributed by atoms with Crippen molar-refractivity contribution >= 4 is 0 Å². The Morgan fingerprint density at radius 2 is 1.57 bits per heavy atom. The largest absolute Gasteiger partial charge is 0.394 e. The van der Waals surface area contributed by atoms with Gasteiger partial charge in [-0.2, -0.15) is 0 Å². The van der Waals surface area contributed by atoms with Gasteiger partial charge in [0.2, 0.25) is 0 Å². The molecule has 3 unspecified atom stereocenters. The second kappa shape index (κ2) is 7.85. The second-order valence-corrected chi connectivity index (χ2v) is 7.00. The monoisotopic (exact) mass is 306 g/mol. The summed E-state index contributed by atoms with van der Waals surface area (Å²) in [5.74, 6) is 0. The summed E-state index contributed by atoms with van der Waals surface area (Å²) in [6, 6.07) is 0. The molecule has 21 heavy (non-hydrogen) atoms. The van der Waals surface area contributed by atoms with Gasteiger partial charge in [-0.1, -0.05) is 0 Å². The Morgan fingerprint density at radius 1 is 1.05 bits per heavy atom. The molecular weight excluding hydrogens is 276 g/mol. The maximum Gasteiger partial charge on any atom is 0.104 e. The van der Waals surface area contributed by atoms with Crippen molar-refractivity contribution in [2.75, 3.05) is 26.4 Å². The predicted molar refractivity (Wildman–Crippen MR) is 78.1 cm³/mol. The lowest BCUT2D eigenvalue weighted by atomic mass is 9.99. The number of aliphatic hydroxyl groups is 3. The fraction of sp³-hybridized carbons (Fsp3) is 1.00. The Labute approximate surface area is 127 Å². The first kappa shape index (κ1) is 18.8. The van der Waals surface area contributed by atoms with E-state index in [9.17, 15) is 10.2 Å². The van der Waals surface area contributed by atoms with Crippen molar-refractivity contribution in [2.45, 2.75) is 70.1 Å². The third kappa shape index (κ3) is 8.70. The van der Waals surface area contributed by atoms with Crippen molar-refractivity contribution in [3.63, 3.8) is 0 Å². The second-order valence-electron chi connectivity index (χ2n) is 7.00. The summed E-state index contributed by atoms with van der Waals surface area (Å²) in [4.78, 5) is 0. The Morgan fingerprint density at radius 3 is 2.10 bits per heavy atom. The third-order valence-electron chi connectivity index (χ3n) is 3.39. The Kier molecular flexibility index (Phi) is 7.03. The molecule has 6 heteroatoms. The molecule has 1 fully saturated rings. The number of ether oxygens (including phenoxy) is 3. The summed E-state index contributed by atoms with van der Waals surface area (Å²) in [5, 5.41) is 28.4. The van der Waals surface area contributed by atoms with Crippen LogP contribution in [0.5, 0.6) is 0 Å². The normalized spacial score (nSPS) is 22.1. The Balaban J connectivity index is 2.26. The first-order valence-corrected chi connectivity index (χ1v) is 7.50. The molecule has 3 atom stereocenters. The van der Waals surface area contributed by atoms with E-state index < -0.39 is 23.4 Å². The number of aliphatic hydroxyl groups excluding tert-OH is 3. The van der Waals surface area contributed by atoms with Crippen LogP contribution in [0, 0.1) is 0 Å². The summed E-state index contributed by atoms with van der Waals surface area (Å²) >= 11 is 0. The SMILES string of the molecule is CC(C)(CC(O)CO)OCC(O)CC(C)(C)OCC1CO1. The molecule has 3 N–H and O–H groups in total. The van der Waals surface area contributed by atoms with Gasteiger partial charge in [0, 0.05) is 12.8 Å². The van der Waals surface area contributed by atoms with Crippen molar-refractivity contribution in [1.29, 1.82) is 0 Å². The van der Waals surface area contributed by atoms with Gasteiger partial charge in [-0.3, -0.25) is 0 Å². The topological polar surface area (TPSA) is 91.7 Å². The highest BCUT2D eigenvalue weighted by atomic mass is 16.6. The van der Waals surface area contributed by atoms with E-state index in [2.05, 4.69) is 0 Å². The van der Waals surface area contributed by atoms with E-state index in [1.54, 1.807) is 0 Å². The molecule has 0 aromatic carbocycles. The summed E-state index contributed by atoms with van der Waals surface area (Å²) < 4.78 is 16.5. The summed E-state index contributed by atoms with van der Waals surface area (Å²) in [6.07, 6.45) is -0.481. The van der Waals surface area contributed by atoms with Crippen LogP contribution in [0.4, 0.5) is 0 Å². The number of rotatable bonds is 11. The minimum atomic E-state index is -0.810. The van der Waals surface area contributed by atoms with E-state index in [0.29, 0.717) is 19.4 Å². The van der Waals surface area contributed by atoms with Crippen molar-refractivity contribution < 1.29 is 29.5 Å². The van der Waals surface area contributed by atoms with Crippen LogP contribution in [0.1, 0.15) is 40.5 Å². The van der Waals surface area contributed by atoms with E-state index in [1.165, 1.54) is 0 Å². The Bertz CT molecular complexity index is 301. The maximum atomic E-state index is 10.1. The average Bonchev–Trinajstić information content (AvgIpc) is 3.17. The van der Waals surface area contributed by atoms with E-state index in [4.69, 9.17) is 19.3 Å². The smallest absolute Gasteiger partial charge is 0.104 e. The van der Waals surface area contributed by atoms with Gasteiger partial charge < -0.3 is 29.5 Å². The molecule has 1 aliphatic rings. The fourth-order valence-electron chi connectivity index (χ4n) is 2.18. The fourth-order valence-corrected chi connectivity index (χ4v) is 2.18. The maximum absolute atomic E-state index is 10.1. The molecule has 0 radical (unpaired) electrons. The van der Waals surface area contributed by atoms with Gasteiger partial charge in [0.15, 0.2) is 0 Å². The quantitative estimate of drug-likeness (QED) is 0.481. The van der Waals surface area contributed by atoms with Gasteiger partial charge in [-0.15, -0.1) is 0 Å². The molecule has 0 amide bonds. The summed E-state index contributed by atoms with van der Waals surface area (Å²) in [6.45, 7) is 8.68. The van der Waals surface area contributed by atoms with Crippen molar-refractivity contribution in [3.8, 4) is 0 Å². The molecule has 0 saturated carbocycles. The van der Waals surface area contributed by atoms with E-state index in [-0.39, 0.29) is 19.3 Å². The third-order valence-corrected chi connectivity index (χ3v) is 3.39. The van der Waals surface area contributed by atoms with Crippen LogP contribution in [-0.4, -0.2) is 71.3 Å². The van der Waals surface area contributed by atoms with Crippen LogP contribution in [0.15, 0.2) is 0 Å². The van der Waals surface area contributed by atoms with Crippen LogP contribution >= 0.6 is 0 Å². The number of hydrogen-bond donors (Lipinski definition) is 3. The van der Waals surface area contributed by atoms with Crippen LogP contribution in [0.25, 0.3) is 0 Å². The van der Waals surface area contributed by atoms with Crippen molar-refractivity contribution in [2.24, 2.45) is 0 Å². The zero-order valence-electron chi connectivity index (χ0n) is 13.5. The molecule has 0 aliphatic carbocycles. The van der Waals surface area contributed by atoms with Crippen LogP contribution in [-0.2, 0) is 14.2 Å². The van der Waals surface area contributed by atoms with E-state index in [1.807, 2.05) is 27.7 Å². The van der Waals surface area contributed by atoms with Crippen molar-refractivity contribution in [1.82, 2.24) is 0 Å². The van der Waals surface area contributed by atoms with Gasteiger partial charge in [0.1, 0.15) is 6.10 Å². The van der Waals surface area contributed by atoms with Crippen molar-refractivity contribution in [3.05, 3.63) is 0 Å². The van der Waals surface area contributed by atoms with Crippen LogP contribution in [0.3, 0.4) is 0 Å². The molecule has 1 aliphatic heterocycles. The number of hydrogen-bond acceptors (Lipinski definition) is 6. The molecule has 126 valence electrons. The molecule has 0 aromatic rings. The van der Waals surface area contributed by atoms with Crippen LogP contribution < -0.4 is 0 Å². The van der Waals surface area contributed by atoms with Gasteiger partial charge >= 0.3 is 0 Å². The molecule has 6 nitrogen and oxygen atoms in total. The summed E-state index contributed by atoms with van der Waals surface area (Å²) in [7, 11) is 0. The minimum absolute atomic E-state index is 0.165. The lowest BCUT2D eigenvalue weighted by Gasteiger charge is -2.31.